The van der Waals surface area contributed by atoms with Gasteiger partial charge in [0.1, 0.15) is 11.6 Å². The Morgan fingerprint density at radius 3 is 2.79 bits per heavy atom. The van der Waals surface area contributed by atoms with Gasteiger partial charge in [0.25, 0.3) is 0 Å². The van der Waals surface area contributed by atoms with Crippen molar-refractivity contribution >= 4 is 26.0 Å². The van der Waals surface area contributed by atoms with Crippen molar-refractivity contribution in [1.29, 1.82) is 0 Å². The van der Waals surface area contributed by atoms with Gasteiger partial charge in [-0.2, -0.15) is 0 Å². The molecule has 0 aliphatic carbocycles. The fourth-order valence-electron chi connectivity index (χ4n) is 1.50. The summed E-state index contributed by atoms with van der Waals surface area (Å²) >= 11 is 3.04. The van der Waals surface area contributed by atoms with E-state index in [1.54, 1.807) is 24.0 Å². The SMILES string of the molecule is Cn1ccnc1CNS(=O)(=O)c1ccc(F)cc1Br. The molecule has 2 rings (SSSR count). The number of nitrogens with zero attached hydrogens (tertiary/aromatic N) is 2. The van der Waals surface area contributed by atoms with Gasteiger partial charge in [-0.15, -0.1) is 0 Å². The number of hydrogen-bond donors (Lipinski definition) is 1. The Morgan fingerprint density at radius 1 is 1.47 bits per heavy atom. The van der Waals surface area contributed by atoms with Gasteiger partial charge in [0.2, 0.25) is 10.0 Å². The number of sulfonamides is 1. The van der Waals surface area contributed by atoms with Crippen LogP contribution in [-0.2, 0) is 23.6 Å². The van der Waals surface area contributed by atoms with Crippen LogP contribution in [0.5, 0.6) is 0 Å². The number of nitrogens with one attached hydrogen (secondary N) is 1. The van der Waals surface area contributed by atoms with Crippen LogP contribution in [0.3, 0.4) is 0 Å². The van der Waals surface area contributed by atoms with Gasteiger partial charge in [-0.3, -0.25) is 0 Å². The molecule has 1 heterocycles. The highest BCUT2D eigenvalue weighted by atomic mass is 79.9. The van der Waals surface area contributed by atoms with E-state index in [4.69, 9.17) is 0 Å². The van der Waals surface area contributed by atoms with E-state index in [2.05, 4.69) is 25.6 Å². The summed E-state index contributed by atoms with van der Waals surface area (Å²) in [4.78, 5) is 4.00. The minimum Gasteiger partial charge on any atom is -0.337 e. The number of aryl methyl sites for hydroxylation is 1. The monoisotopic (exact) mass is 347 g/mol. The van der Waals surface area contributed by atoms with Crippen molar-refractivity contribution in [3.05, 3.63) is 46.7 Å². The summed E-state index contributed by atoms with van der Waals surface area (Å²) < 4.78 is 41.4. The van der Waals surface area contributed by atoms with E-state index in [-0.39, 0.29) is 15.9 Å². The molecule has 0 radical (unpaired) electrons. The van der Waals surface area contributed by atoms with Crippen LogP contribution >= 0.6 is 15.9 Å². The van der Waals surface area contributed by atoms with Crippen molar-refractivity contribution in [2.45, 2.75) is 11.4 Å². The second-order valence-electron chi connectivity index (χ2n) is 3.85. The lowest BCUT2D eigenvalue weighted by atomic mass is 10.3. The first-order chi connectivity index (χ1) is 8.90. The second-order valence-corrected chi connectivity index (χ2v) is 6.44. The molecule has 8 heteroatoms. The summed E-state index contributed by atoms with van der Waals surface area (Å²) in [7, 11) is -1.95. The Kier molecular flexibility index (Phi) is 4.02. The Morgan fingerprint density at radius 2 is 2.21 bits per heavy atom. The van der Waals surface area contributed by atoms with Crippen LogP contribution in [-0.4, -0.2) is 18.0 Å². The van der Waals surface area contributed by atoms with Crippen LogP contribution in [0.25, 0.3) is 0 Å². The zero-order valence-corrected chi connectivity index (χ0v) is 12.4. The van der Waals surface area contributed by atoms with E-state index in [9.17, 15) is 12.8 Å². The summed E-state index contributed by atoms with van der Waals surface area (Å²) in [5.74, 6) is 0.0803. The molecule has 1 aromatic heterocycles. The van der Waals surface area contributed by atoms with Gasteiger partial charge in [-0.1, -0.05) is 0 Å². The minimum atomic E-state index is -3.72. The topological polar surface area (TPSA) is 64.0 Å². The molecule has 0 amide bonds. The van der Waals surface area contributed by atoms with Crippen molar-refractivity contribution in [2.24, 2.45) is 7.05 Å². The predicted octanol–water partition coefficient (Wildman–Crippen LogP) is 1.80. The maximum absolute atomic E-state index is 12.9. The fourth-order valence-corrected chi connectivity index (χ4v) is 3.52. The number of rotatable bonds is 4. The Labute approximate surface area is 118 Å². The summed E-state index contributed by atoms with van der Waals surface area (Å²) in [5, 5.41) is 0. The molecule has 1 N–H and O–H groups in total. The summed E-state index contributed by atoms with van der Waals surface area (Å²) in [6.45, 7) is 0.0651. The fraction of sp³-hybridized carbons (Fsp3) is 0.182. The lowest BCUT2D eigenvalue weighted by Gasteiger charge is -2.08. The van der Waals surface area contributed by atoms with Crippen LogP contribution in [0.4, 0.5) is 4.39 Å². The number of aromatic nitrogens is 2. The quantitative estimate of drug-likeness (QED) is 0.917. The van der Waals surface area contributed by atoms with Gasteiger partial charge in [-0.25, -0.2) is 22.5 Å². The van der Waals surface area contributed by atoms with Crippen LogP contribution in [0.1, 0.15) is 5.82 Å². The van der Waals surface area contributed by atoms with E-state index in [1.165, 1.54) is 6.07 Å². The molecular formula is C11H11BrFN3O2S. The van der Waals surface area contributed by atoms with Crippen molar-refractivity contribution < 1.29 is 12.8 Å². The third-order valence-electron chi connectivity index (χ3n) is 2.52. The predicted molar refractivity (Wildman–Crippen MR) is 71.3 cm³/mol. The molecule has 0 spiro atoms. The lowest BCUT2D eigenvalue weighted by molar-refractivity contribution is 0.576. The molecule has 0 saturated heterocycles. The second kappa shape index (κ2) is 5.40. The van der Waals surface area contributed by atoms with Crippen molar-refractivity contribution in [3.8, 4) is 0 Å². The largest absolute Gasteiger partial charge is 0.337 e. The lowest BCUT2D eigenvalue weighted by Crippen LogP contribution is -2.25. The average molecular weight is 348 g/mol. The van der Waals surface area contributed by atoms with Gasteiger partial charge in [0.15, 0.2) is 0 Å². The van der Waals surface area contributed by atoms with Crippen molar-refractivity contribution in [3.63, 3.8) is 0 Å². The zero-order valence-electron chi connectivity index (χ0n) is 9.97. The summed E-state index contributed by atoms with van der Waals surface area (Å²) in [6, 6.07) is 3.41. The number of hydrogen-bond acceptors (Lipinski definition) is 3. The smallest absolute Gasteiger partial charge is 0.242 e. The third-order valence-corrected chi connectivity index (χ3v) is 4.90. The normalized spacial score (nSPS) is 11.7. The summed E-state index contributed by atoms with van der Waals surface area (Å²) in [5.41, 5.74) is 0. The van der Waals surface area contributed by atoms with Gasteiger partial charge < -0.3 is 4.57 Å². The first-order valence-electron chi connectivity index (χ1n) is 5.31. The molecule has 2 aromatic rings. The first-order valence-corrected chi connectivity index (χ1v) is 7.59. The van der Waals surface area contributed by atoms with Gasteiger partial charge in [-0.05, 0) is 34.1 Å². The van der Waals surface area contributed by atoms with E-state index >= 15 is 0 Å². The highest BCUT2D eigenvalue weighted by molar-refractivity contribution is 9.10. The van der Waals surface area contributed by atoms with E-state index in [0.717, 1.165) is 12.1 Å². The van der Waals surface area contributed by atoms with Gasteiger partial charge in [0, 0.05) is 23.9 Å². The van der Waals surface area contributed by atoms with E-state index in [0.29, 0.717) is 5.82 Å². The molecule has 0 saturated carbocycles. The third kappa shape index (κ3) is 3.20. The molecule has 0 fully saturated rings. The van der Waals surface area contributed by atoms with Crippen molar-refractivity contribution in [2.75, 3.05) is 0 Å². The Hall–Kier alpha value is -1.25. The molecular weight excluding hydrogens is 337 g/mol. The molecule has 5 nitrogen and oxygen atoms in total. The van der Waals surface area contributed by atoms with Crippen molar-refractivity contribution in [1.82, 2.24) is 14.3 Å². The van der Waals surface area contributed by atoms with Gasteiger partial charge >= 0.3 is 0 Å². The molecule has 19 heavy (non-hydrogen) atoms. The van der Waals surface area contributed by atoms with Gasteiger partial charge in [0.05, 0.1) is 11.4 Å². The molecule has 0 bridgehead atoms. The molecule has 1 aromatic carbocycles. The van der Waals surface area contributed by atoms with Crippen LogP contribution in [0, 0.1) is 5.82 Å². The molecule has 0 atom stereocenters. The number of halogens is 2. The summed E-state index contributed by atoms with van der Waals surface area (Å²) in [6.07, 6.45) is 3.30. The molecule has 0 unspecified atom stereocenters. The number of benzene rings is 1. The van der Waals surface area contributed by atoms with Crippen LogP contribution < -0.4 is 4.72 Å². The highest BCUT2D eigenvalue weighted by Gasteiger charge is 2.18. The Balaban J connectivity index is 2.21. The minimum absolute atomic E-state index is 0.0110. The standard InChI is InChI=1S/C11H11BrFN3O2S/c1-16-5-4-14-11(16)7-15-19(17,18)10-3-2-8(13)6-9(10)12/h2-6,15H,7H2,1H3. The maximum Gasteiger partial charge on any atom is 0.242 e. The molecule has 0 aliphatic rings. The number of imidazole rings is 1. The van der Waals surface area contributed by atoms with Crippen LogP contribution in [0.15, 0.2) is 40.0 Å². The maximum atomic E-state index is 12.9. The molecule has 0 aliphatic heterocycles. The first kappa shape index (κ1) is 14.2. The van der Waals surface area contributed by atoms with E-state index in [1.807, 2.05) is 0 Å². The zero-order chi connectivity index (χ0) is 14.0. The Bertz CT molecular complexity index is 700. The highest BCUT2D eigenvalue weighted by Crippen LogP contribution is 2.22. The van der Waals surface area contributed by atoms with Crippen LogP contribution in [0.2, 0.25) is 0 Å². The average Bonchev–Trinajstić information content (AvgIpc) is 2.72. The van der Waals surface area contributed by atoms with E-state index < -0.39 is 15.8 Å². The molecule has 102 valence electrons.